The molecular weight excluding hydrogens is 279 g/mol. The molecule has 2 rings (SSSR count). The standard InChI is InChI=1S/C10H10BrClN2O/c1-6-2-8(4-13-10(6)11)14-5-7(12)3-9(14)15/h2,4,7H,3,5H2,1H3. The number of aromatic nitrogens is 1. The first-order chi connectivity index (χ1) is 7.08. The van der Waals surface area contributed by atoms with E-state index in [2.05, 4.69) is 20.9 Å². The molecule has 0 spiro atoms. The van der Waals surface area contributed by atoms with Crippen molar-refractivity contribution in [1.82, 2.24) is 4.98 Å². The van der Waals surface area contributed by atoms with Gasteiger partial charge < -0.3 is 4.90 Å². The van der Waals surface area contributed by atoms with E-state index in [1.165, 1.54) is 0 Å². The first-order valence-electron chi connectivity index (χ1n) is 4.64. The van der Waals surface area contributed by atoms with Crippen LogP contribution in [-0.4, -0.2) is 22.8 Å². The van der Waals surface area contributed by atoms with Crippen LogP contribution in [0.1, 0.15) is 12.0 Å². The van der Waals surface area contributed by atoms with Gasteiger partial charge >= 0.3 is 0 Å². The monoisotopic (exact) mass is 288 g/mol. The third-order valence-corrected chi connectivity index (χ3v) is 3.51. The van der Waals surface area contributed by atoms with Gasteiger partial charge in [-0.1, -0.05) is 0 Å². The highest BCUT2D eigenvalue weighted by molar-refractivity contribution is 9.10. The van der Waals surface area contributed by atoms with Crippen molar-refractivity contribution in [2.24, 2.45) is 0 Å². The van der Waals surface area contributed by atoms with Crippen LogP contribution in [0.25, 0.3) is 0 Å². The van der Waals surface area contributed by atoms with Gasteiger partial charge in [-0.25, -0.2) is 4.98 Å². The summed E-state index contributed by atoms with van der Waals surface area (Å²) in [6, 6.07) is 1.93. The van der Waals surface area contributed by atoms with Gasteiger partial charge in [-0.2, -0.15) is 0 Å². The molecule has 0 N–H and O–H groups in total. The number of aryl methyl sites for hydroxylation is 1. The molecule has 1 aromatic heterocycles. The molecule has 3 nitrogen and oxygen atoms in total. The smallest absolute Gasteiger partial charge is 0.228 e. The molecule has 1 amide bonds. The summed E-state index contributed by atoms with van der Waals surface area (Å²) >= 11 is 9.25. The molecule has 0 aromatic carbocycles. The molecular formula is C10H10BrClN2O. The van der Waals surface area contributed by atoms with E-state index in [4.69, 9.17) is 11.6 Å². The van der Waals surface area contributed by atoms with Crippen LogP contribution in [-0.2, 0) is 4.79 Å². The molecule has 1 aromatic rings. The molecule has 1 unspecified atom stereocenters. The van der Waals surface area contributed by atoms with E-state index in [0.717, 1.165) is 15.9 Å². The van der Waals surface area contributed by atoms with Crippen molar-refractivity contribution in [3.05, 3.63) is 22.4 Å². The van der Waals surface area contributed by atoms with Crippen molar-refractivity contribution in [2.45, 2.75) is 18.7 Å². The van der Waals surface area contributed by atoms with Gasteiger partial charge in [0.2, 0.25) is 5.91 Å². The van der Waals surface area contributed by atoms with Gasteiger partial charge in [0, 0.05) is 13.0 Å². The number of hydrogen-bond donors (Lipinski definition) is 0. The molecule has 0 bridgehead atoms. The summed E-state index contributed by atoms with van der Waals surface area (Å²) < 4.78 is 0.806. The largest absolute Gasteiger partial charge is 0.309 e. The van der Waals surface area contributed by atoms with Crippen molar-refractivity contribution in [1.29, 1.82) is 0 Å². The molecule has 0 saturated carbocycles. The van der Waals surface area contributed by atoms with Gasteiger partial charge in [0.15, 0.2) is 0 Å². The summed E-state index contributed by atoms with van der Waals surface area (Å²) in [5.74, 6) is 0.0681. The average Bonchev–Trinajstić information content (AvgIpc) is 2.50. The first-order valence-corrected chi connectivity index (χ1v) is 5.87. The molecule has 1 aliphatic heterocycles. The Bertz CT molecular complexity index is 410. The van der Waals surface area contributed by atoms with Gasteiger partial charge in [0.25, 0.3) is 0 Å². The normalized spacial score (nSPS) is 21.1. The lowest BCUT2D eigenvalue weighted by Gasteiger charge is -2.16. The Labute approximate surface area is 102 Å². The van der Waals surface area contributed by atoms with Crippen LogP contribution in [0.3, 0.4) is 0 Å². The van der Waals surface area contributed by atoms with E-state index in [9.17, 15) is 4.79 Å². The number of nitrogens with zero attached hydrogens (tertiary/aromatic N) is 2. The summed E-state index contributed by atoms with van der Waals surface area (Å²) in [6.45, 7) is 2.52. The lowest BCUT2D eigenvalue weighted by molar-refractivity contribution is -0.117. The van der Waals surface area contributed by atoms with Crippen LogP contribution in [0.4, 0.5) is 5.69 Å². The van der Waals surface area contributed by atoms with E-state index in [1.807, 2.05) is 13.0 Å². The van der Waals surface area contributed by atoms with Crippen LogP contribution in [0.5, 0.6) is 0 Å². The predicted octanol–water partition coefficient (Wildman–Crippen LogP) is 2.50. The molecule has 0 radical (unpaired) electrons. The van der Waals surface area contributed by atoms with E-state index >= 15 is 0 Å². The molecule has 5 heteroatoms. The molecule has 15 heavy (non-hydrogen) atoms. The van der Waals surface area contributed by atoms with Gasteiger partial charge in [0.1, 0.15) is 4.60 Å². The maximum absolute atomic E-state index is 11.6. The minimum absolute atomic E-state index is 0.0681. The quantitative estimate of drug-likeness (QED) is 0.588. The Morgan fingerprint density at radius 1 is 1.67 bits per heavy atom. The first kappa shape index (κ1) is 10.9. The third kappa shape index (κ3) is 2.16. The van der Waals surface area contributed by atoms with E-state index in [1.54, 1.807) is 11.1 Å². The second kappa shape index (κ2) is 4.10. The second-order valence-corrected chi connectivity index (χ2v) is 4.98. The van der Waals surface area contributed by atoms with Crippen LogP contribution in [0.15, 0.2) is 16.9 Å². The Balaban J connectivity index is 2.30. The number of amides is 1. The molecule has 1 fully saturated rings. The molecule has 1 aliphatic rings. The fourth-order valence-corrected chi connectivity index (χ4v) is 2.09. The average molecular weight is 290 g/mol. The van der Waals surface area contributed by atoms with Crippen molar-refractivity contribution in [3.63, 3.8) is 0 Å². The zero-order valence-corrected chi connectivity index (χ0v) is 10.5. The number of anilines is 1. The van der Waals surface area contributed by atoms with Gasteiger partial charge in [-0.05, 0) is 34.5 Å². The SMILES string of the molecule is Cc1cc(N2CC(Cl)CC2=O)cnc1Br. The Hall–Kier alpha value is -0.610. The molecule has 1 saturated heterocycles. The summed E-state index contributed by atoms with van der Waals surface area (Å²) in [7, 11) is 0. The Morgan fingerprint density at radius 2 is 2.40 bits per heavy atom. The fraction of sp³-hybridized carbons (Fsp3) is 0.400. The second-order valence-electron chi connectivity index (χ2n) is 3.61. The van der Waals surface area contributed by atoms with Crippen LogP contribution >= 0.6 is 27.5 Å². The minimum atomic E-state index is -0.0820. The lowest BCUT2D eigenvalue weighted by atomic mass is 10.3. The maximum atomic E-state index is 11.6. The number of pyridine rings is 1. The maximum Gasteiger partial charge on any atom is 0.228 e. The van der Waals surface area contributed by atoms with Crippen LogP contribution < -0.4 is 4.90 Å². The number of carbonyl (C=O) groups is 1. The number of alkyl halides is 1. The van der Waals surface area contributed by atoms with E-state index in [-0.39, 0.29) is 11.3 Å². The van der Waals surface area contributed by atoms with Crippen LogP contribution in [0, 0.1) is 6.92 Å². The highest BCUT2D eigenvalue weighted by Gasteiger charge is 2.29. The Kier molecular flexibility index (Phi) is 2.98. The zero-order valence-electron chi connectivity index (χ0n) is 8.20. The highest BCUT2D eigenvalue weighted by Crippen LogP contribution is 2.26. The highest BCUT2D eigenvalue weighted by atomic mass is 79.9. The number of carbonyl (C=O) groups excluding carboxylic acids is 1. The molecule has 2 heterocycles. The Morgan fingerprint density at radius 3 is 2.93 bits per heavy atom. The third-order valence-electron chi connectivity index (χ3n) is 2.39. The van der Waals surface area contributed by atoms with E-state index in [0.29, 0.717) is 13.0 Å². The lowest BCUT2D eigenvalue weighted by Crippen LogP contribution is -2.24. The summed E-state index contributed by atoms with van der Waals surface area (Å²) in [5, 5.41) is -0.0820. The number of rotatable bonds is 1. The van der Waals surface area contributed by atoms with Gasteiger partial charge in [0.05, 0.1) is 17.3 Å². The van der Waals surface area contributed by atoms with Crippen LogP contribution in [0.2, 0.25) is 0 Å². The summed E-state index contributed by atoms with van der Waals surface area (Å²) in [4.78, 5) is 17.4. The van der Waals surface area contributed by atoms with Gasteiger partial charge in [-0.15, -0.1) is 11.6 Å². The topological polar surface area (TPSA) is 33.2 Å². The van der Waals surface area contributed by atoms with E-state index < -0.39 is 0 Å². The summed E-state index contributed by atoms with van der Waals surface area (Å²) in [6.07, 6.45) is 2.10. The van der Waals surface area contributed by atoms with Gasteiger partial charge in [-0.3, -0.25) is 4.79 Å². The summed E-state index contributed by atoms with van der Waals surface area (Å²) in [5.41, 5.74) is 1.84. The fourth-order valence-electron chi connectivity index (χ4n) is 1.60. The number of halogens is 2. The van der Waals surface area contributed by atoms with Crippen molar-refractivity contribution in [3.8, 4) is 0 Å². The van der Waals surface area contributed by atoms with Crippen molar-refractivity contribution in [2.75, 3.05) is 11.4 Å². The molecule has 1 atom stereocenters. The number of hydrogen-bond acceptors (Lipinski definition) is 2. The predicted molar refractivity (Wildman–Crippen MR) is 63.3 cm³/mol. The minimum Gasteiger partial charge on any atom is -0.309 e. The van der Waals surface area contributed by atoms with Crippen molar-refractivity contribution < 1.29 is 4.79 Å². The zero-order chi connectivity index (χ0) is 11.0. The molecule has 80 valence electrons. The molecule has 0 aliphatic carbocycles. The van der Waals surface area contributed by atoms with Crippen molar-refractivity contribution >= 4 is 39.1 Å².